The zero-order chi connectivity index (χ0) is 20.4. The molecule has 3 aromatic rings. The lowest BCUT2D eigenvalue weighted by Gasteiger charge is -2.33. The average Bonchev–Trinajstić information content (AvgIpc) is 2.71. The first-order valence-electron chi connectivity index (χ1n) is 8.88. The van der Waals surface area contributed by atoms with Crippen LogP contribution in [0.15, 0.2) is 30.7 Å². The number of fused-ring (bicyclic) bond motifs is 1. The van der Waals surface area contributed by atoms with E-state index in [4.69, 9.17) is 16.7 Å². The van der Waals surface area contributed by atoms with Crippen molar-refractivity contribution in [3.63, 3.8) is 0 Å². The van der Waals surface area contributed by atoms with Gasteiger partial charge in [-0.1, -0.05) is 11.6 Å². The van der Waals surface area contributed by atoms with Crippen molar-refractivity contribution < 1.29 is 14.3 Å². The van der Waals surface area contributed by atoms with Crippen molar-refractivity contribution in [1.82, 2.24) is 24.8 Å². The smallest absolute Gasteiger partial charge is 0.317 e. The van der Waals surface area contributed by atoms with Crippen molar-refractivity contribution in [2.24, 2.45) is 0 Å². The fourth-order valence-corrected chi connectivity index (χ4v) is 3.28. The van der Waals surface area contributed by atoms with E-state index in [9.17, 15) is 9.18 Å². The summed E-state index contributed by atoms with van der Waals surface area (Å²) >= 11 is 5.85. The number of aromatic nitrogens is 4. The Morgan fingerprint density at radius 2 is 2.00 bits per heavy atom. The van der Waals surface area contributed by atoms with Crippen LogP contribution in [0.5, 0.6) is 0 Å². The van der Waals surface area contributed by atoms with Gasteiger partial charge in [0.05, 0.1) is 17.8 Å². The molecule has 1 fully saturated rings. The average molecular weight is 418 g/mol. The quantitative estimate of drug-likeness (QED) is 0.645. The van der Waals surface area contributed by atoms with E-state index >= 15 is 0 Å². The lowest BCUT2D eigenvalue weighted by Crippen LogP contribution is -2.48. The Balaban J connectivity index is 1.58. The number of nitrogens with zero attached hydrogens (tertiary/aromatic N) is 6. The Labute approximate surface area is 170 Å². The summed E-state index contributed by atoms with van der Waals surface area (Å²) in [7, 11) is 0. The van der Waals surface area contributed by atoms with E-state index in [1.165, 1.54) is 18.5 Å². The predicted molar refractivity (Wildman–Crippen MR) is 106 cm³/mol. The Hall–Kier alpha value is -3.11. The first-order valence-corrected chi connectivity index (χ1v) is 9.26. The van der Waals surface area contributed by atoms with Gasteiger partial charge < -0.3 is 15.3 Å². The molecule has 11 heteroatoms. The van der Waals surface area contributed by atoms with Crippen molar-refractivity contribution in [3.8, 4) is 0 Å². The molecule has 29 heavy (non-hydrogen) atoms. The number of hydrogen-bond donors (Lipinski definition) is 2. The molecule has 0 saturated carbocycles. The van der Waals surface area contributed by atoms with Crippen LogP contribution in [-0.2, 0) is 4.79 Å². The van der Waals surface area contributed by atoms with Crippen LogP contribution in [0.25, 0.3) is 11.0 Å². The lowest BCUT2D eigenvalue weighted by atomic mass is 10.3. The summed E-state index contributed by atoms with van der Waals surface area (Å²) in [5.74, 6) is -0.376. The topological polar surface area (TPSA) is 107 Å². The van der Waals surface area contributed by atoms with Gasteiger partial charge in [0.1, 0.15) is 23.2 Å². The number of carbonyl (C=O) groups is 1. The summed E-state index contributed by atoms with van der Waals surface area (Å²) in [6.45, 7) is 2.47. The summed E-state index contributed by atoms with van der Waals surface area (Å²) < 4.78 is 13.4. The third kappa shape index (κ3) is 4.33. The standard InChI is InChI=1S/C18H17ClFN7O2/c19-12-7-11(1-2-13(12)20)24-17-16-14(22-10-23-17)8-21-18(25-16)27-5-3-26(4-6-27)9-15(28)29/h1-2,7-8,10H,3-6,9H2,(H,28,29)(H,22,23,24). The number of benzene rings is 1. The number of carboxylic acids is 1. The number of nitrogens with one attached hydrogen (secondary N) is 1. The summed E-state index contributed by atoms with van der Waals surface area (Å²) in [6, 6.07) is 4.29. The second-order valence-corrected chi connectivity index (χ2v) is 6.94. The zero-order valence-corrected chi connectivity index (χ0v) is 16.0. The van der Waals surface area contributed by atoms with Crippen LogP contribution in [0.2, 0.25) is 5.02 Å². The van der Waals surface area contributed by atoms with Gasteiger partial charge in [0.2, 0.25) is 5.95 Å². The van der Waals surface area contributed by atoms with Crippen LogP contribution in [0.1, 0.15) is 0 Å². The first-order chi connectivity index (χ1) is 14.0. The number of rotatable bonds is 5. The van der Waals surface area contributed by atoms with E-state index in [1.54, 1.807) is 12.3 Å². The maximum absolute atomic E-state index is 13.4. The Bertz CT molecular complexity index is 1060. The van der Waals surface area contributed by atoms with Gasteiger partial charge in [-0.25, -0.2) is 24.3 Å². The van der Waals surface area contributed by atoms with Gasteiger partial charge in [0.25, 0.3) is 0 Å². The number of hydrogen-bond acceptors (Lipinski definition) is 8. The van der Waals surface area contributed by atoms with E-state index in [1.807, 2.05) is 9.80 Å². The van der Waals surface area contributed by atoms with Crippen molar-refractivity contribution in [2.75, 3.05) is 42.9 Å². The second kappa shape index (κ2) is 8.10. The molecule has 9 nitrogen and oxygen atoms in total. The van der Waals surface area contributed by atoms with Crippen LogP contribution in [0, 0.1) is 5.82 Å². The summed E-state index contributed by atoms with van der Waals surface area (Å²) in [5, 5.41) is 12.0. The van der Waals surface area contributed by atoms with Gasteiger partial charge in [0.15, 0.2) is 5.82 Å². The van der Waals surface area contributed by atoms with Crippen molar-refractivity contribution in [1.29, 1.82) is 0 Å². The normalized spacial score (nSPS) is 14.9. The van der Waals surface area contributed by atoms with Crippen LogP contribution >= 0.6 is 11.6 Å². The van der Waals surface area contributed by atoms with Gasteiger partial charge >= 0.3 is 5.97 Å². The van der Waals surface area contributed by atoms with Crippen LogP contribution in [-0.4, -0.2) is 68.6 Å². The first kappa shape index (κ1) is 19.2. The highest BCUT2D eigenvalue weighted by Gasteiger charge is 2.21. The molecule has 2 aromatic heterocycles. The Morgan fingerprint density at radius 3 is 2.72 bits per heavy atom. The number of anilines is 3. The molecule has 3 heterocycles. The molecule has 0 radical (unpaired) electrons. The fourth-order valence-electron chi connectivity index (χ4n) is 3.10. The molecule has 0 aliphatic carbocycles. The highest BCUT2D eigenvalue weighted by atomic mass is 35.5. The van der Waals surface area contributed by atoms with Gasteiger partial charge in [-0.05, 0) is 18.2 Å². The van der Waals surface area contributed by atoms with E-state index in [0.29, 0.717) is 54.7 Å². The maximum atomic E-state index is 13.4. The SMILES string of the molecule is O=C(O)CN1CCN(c2ncc3ncnc(Nc4ccc(F)c(Cl)c4)c3n2)CC1. The summed E-state index contributed by atoms with van der Waals surface area (Å²) in [5.41, 5.74) is 1.65. The lowest BCUT2D eigenvalue weighted by molar-refractivity contribution is -0.138. The molecule has 0 atom stereocenters. The molecular formula is C18H17ClFN7O2. The number of halogens is 2. The summed E-state index contributed by atoms with van der Waals surface area (Å²) in [4.78, 5) is 32.1. The highest BCUT2D eigenvalue weighted by molar-refractivity contribution is 6.31. The van der Waals surface area contributed by atoms with E-state index in [0.717, 1.165) is 0 Å². The molecule has 150 valence electrons. The molecule has 1 aromatic carbocycles. The minimum absolute atomic E-state index is 0.00269. The summed E-state index contributed by atoms with van der Waals surface area (Å²) in [6.07, 6.45) is 3.01. The van der Waals surface area contributed by atoms with Gasteiger partial charge in [-0.3, -0.25) is 9.69 Å². The third-order valence-corrected chi connectivity index (χ3v) is 4.85. The zero-order valence-electron chi connectivity index (χ0n) is 15.2. The van der Waals surface area contributed by atoms with E-state index in [2.05, 4.69) is 25.3 Å². The van der Waals surface area contributed by atoms with Gasteiger partial charge in [0, 0.05) is 31.9 Å². The third-order valence-electron chi connectivity index (χ3n) is 4.56. The van der Waals surface area contributed by atoms with Crippen LogP contribution in [0.3, 0.4) is 0 Å². The maximum Gasteiger partial charge on any atom is 0.317 e. The van der Waals surface area contributed by atoms with Crippen molar-refractivity contribution >= 4 is 46.1 Å². The van der Waals surface area contributed by atoms with E-state index in [-0.39, 0.29) is 11.6 Å². The number of piperazine rings is 1. The van der Waals surface area contributed by atoms with E-state index < -0.39 is 11.8 Å². The van der Waals surface area contributed by atoms with Crippen molar-refractivity contribution in [2.45, 2.75) is 0 Å². The molecule has 0 unspecified atom stereocenters. The Kier molecular flexibility index (Phi) is 5.36. The molecule has 1 aliphatic heterocycles. The van der Waals surface area contributed by atoms with Gasteiger partial charge in [-0.2, -0.15) is 0 Å². The molecule has 1 aliphatic rings. The highest BCUT2D eigenvalue weighted by Crippen LogP contribution is 2.25. The van der Waals surface area contributed by atoms with Gasteiger partial charge in [-0.15, -0.1) is 0 Å². The molecule has 1 saturated heterocycles. The predicted octanol–water partition coefficient (Wildman–Crippen LogP) is 2.16. The molecular weight excluding hydrogens is 401 g/mol. The molecule has 4 rings (SSSR count). The molecule has 0 amide bonds. The minimum Gasteiger partial charge on any atom is -0.480 e. The number of aliphatic carboxylic acids is 1. The minimum atomic E-state index is -0.839. The molecule has 0 bridgehead atoms. The Morgan fingerprint density at radius 1 is 1.21 bits per heavy atom. The van der Waals surface area contributed by atoms with Crippen molar-refractivity contribution in [3.05, 3.63) is 41.6 Å². The van der Waals surface area contributed by atoms with Crippen LogP contribution in [0.4, 0.5) is 21.8 Å². The number of carboxylic acid groups (broad SMARTS) is 1. The fraction of sp³-hybridized carbons (Fsp3) is 0.278. The molecule has 0 spiro atoms. The monoisotopic (exact) mass is 417 g/mol. The molecule has 2 N–H and O–H groups in total. The largest absolute Gasteiger partial charge is 0.480 e. The van der Waals surface area contributed by atoms with Crippen LogP contribution < -0.4 is 10.2 Å². The second-order valence-electron chi connectivity index (χ2n) is 6.54.